The molecule has 1 saturated heterocycles. The van der Waals surface area contributed by atoms with Gasteiger partial charge in [-0.2, -0.15) is 4.98 Å². The van der Waals surface area contributed by atoms with Gasteiger partial charge in [-0.25, -0.2) is 9.78 Å². The molecule has 1 aromatic heterocycles. The number of rotatable bonds is 6. The van der Waals surface area contributed by atoms with E-state index in [4.69, 9.17) is 9.72 Å². The molecule has 1 aromatic carbocycles. The first-order valence-electron chi connectivity index (χ1n) is 10.5. The van der Waals surface area contributed by atoms with E-state index in [-0.39, 0.29) is 6.09 Å². The third kappa shape index (κ3) is 4.96. The average molecular weight is 398 g/mol. The van der Waals surface area contributed by atoms with Gasteiger partial charge in [-0.15, -0.1) is 0 Å². The number of aryl methyl sites for hydroxylation is 3. The monoisotopic (exact) mass is 397 g/mol. The lowest BCUT2D eigenvalue weighted by Gasteiger charge is -2.34. The maximum absolute atomic E-state index is 11.9. The van der Waals surface area contributed by atoms with Crippen LogP contribution in [0.2, 0.25) is 0 Å². The SMILES string of the molecule is CCOC(=O)N1CCN(c2cc(C)nc(Nc3c(CC)cccc3CC)n2)CC1. The zero-order chi connectivity index (χ0) is 20.8. The van der Waals surface area contributed by atoms with Gasteiger partial charge in [0, 0.05) is 43.6 Å². The molecule has 7 heteroatoms. The van der Waals surface area contributed by atoms with Gasteiger partial charge in [0.15, 0.2) is 0 Å². The molecule has 1 aliphatic rings. The molecule has 7 nitrogen and oxygen atoms in total. The Kier molecular flexibility index (Phi) is 6.90. The Morgan fingerprint density at radius 1 is 1.07 bits per heavy atom. The second-order valence-electron chi connectivity index (χ2n) is 7.15. The van der Waals surface area contributed by atoms with Crippen LogP contribution in [0.3, 0.4) is 0 Å². The summed E-state index contributed by atoms with van der Waals surface area (Å²) in [5.41, 5.74) is 4.55. The van der Waals surface area contributed by atoms with Crippen LogP contribution in [-0.2, 0) is 17.6 Å². The predicted molar refractivity (Wildman–Crippen MR) is 116 cm³/mol. The molecule has 156 valence electrons. The molecule has 0 spiro atoms. The van der Waals surface area contributed by atoms with Gasteiger partial charge in [-0.1, -0.05) is 32.0 Å². The largest absolute Gasteiger partial charge is 0.450 e. The molecule has 0 bridgehead atoms. The van der Waals surface area contributed by atoms with Gasteiger partial charge in [0.2, 0.25) is 5.95 Å². The molecule has 0 atom stereocenters. The first-order chi connectivity index (χ1) is 14.0. The molecule has 0 saturated carbocycles. The van der Waals surface area contributed by atoms with E-state index in [1.807, 2.05) is 19.9 Å². The summed E-state index contributed by atoms with van der Waals surface area (Å²) in [5, 5.41) is 3.47. The zero-order valence-electron chi connectivity index (χ0n) is 17.9. The van der Waals surface area contributed by atoms with Gasteiger partial charge >= 0.3 is 6.09 Å². The Bertz CT molecular complexity index is 825. The first kappa shape index (κ1) is 20.9. The highest BCUT2D eigenvalue weighted by molar-refractivity contribution is 5.68. The normalized spacial score (nSPS) is 14.1. The Morgan fingerprint density at radius 3 is 2.31 bits per heavy atom. The van der Waals surface area contributed by atoms with E-state index in [1.165, 1.54) is 11.1 Å². The molecular weight excluding hydrogens is 366 g/mol. The number of ether oxygens (including phenoxy) is 1. The Labute approximate surface area is 173 Å². The van der Waals surface area contributed by atoms with Gasteiger partial charge < -0.3 is 19.9 Å². The number of amides is 1. The lowest BCUT2D eigenvalue weighted by Crippen LogP contribution is -2.49. The lowest BCUT2D eigenvalue weighted by atomic mass is 10.0. The van der Waals surface area contributed by atoms with Gasteiger partial charge in [-0.05, 0) is 37.8 Å². The first-order valence-corrected chi connectivity index (χ1v) is 10.5. The average Bonchev–Trinajstić information content (AvgIpc) is 2.73. The maximum atomic E-state index is 11.9. The number of nitrogens with zero attached hydrogens (tertiary/aromatic N) is 4. The van der Waals surface area contributed by atoms with Crippen molar-refractivity contribution in [3.63, 3.8) is 0 Å². The summed E-state index contributed by atoms with van der Waals surface area (Å²) in [7, 11) is 0. The molecule has 1 amide bonds. The van der Waals surface area contributed by atoms with Gasteiger partial charge in [0.1, 0.15) is 5.82 Å². The third-order valence-electron chi connectivity index (χ3n) is 5.21. The number of anilines is 3. The minimum atomic E-state index is -0.239. The number of piperazine rings is 1. The number of hydrogen-bond acceptors (Lipinski definition) is 6. The molecule has 2 aromatic rings. The van der Waals surface area contributed by atoms with Gasteiger partial charge in [-0.3, -0.25) is 0 Å². The van der Waals surface area contributed by atoms with E-state index >= 15 is 0 Å². The number of benzene rings is 1. The van der Waals surface area contributed by atoms with Crippen LogP contribution in [0, 0.1) is 6.92 Å². The van der Waals surface area contributed by atoms with E-state index in [0.29, 0.717) is 25.6 Å². The van der Waals surface area contributed by atoms with E-state index in [9.17, 15) is 4.79 Å². The second kappa shape index (κ2) is 9.58. The standard InChI is InChI=1S/C22H31N5O2/c1-5-17-9-8-10-18(6-2)20(17)25-21-23-16(4)15-19(24-21)26-11-13-27(14-12-26)22(28)29-7-3/h8-10,15H,5-7,11-14H2,1-4H3,(H,23,24,25). The highest BCUT2D eigenvalue weighted by Gasteiger charge is 2.23. The quantitative estimate of drug-likeness (QED) is 0.796. The number of para-hydroxylation sites is 1. The van der Waals surface area contributed by atoms with Crippen molar-refractivity contribution in [1.29, 1.82) is 0 Å². The molecule has 0 radical (unpaired) electrons. The van der Waals surface area contributed by atoms with Gasteiger partial charge in [0.05, 0.1) is 6.61 Å². The fraction of sp³-hybridized carbons (Fsp3) is 0.500. The Morgan fingerprint density at radius 2 is 1.72 bits per heavy atom. The van der Waals surface area contributed by atoms with E-state index in [0.717, 1.165) is 43.1 Å². The molecule has 1 aliphatic heterocycles. The van der Waals surface area contributed by atoms with Crippen molar-refractivity contribution in [2.75, 3.05) is 43.0 Å². The highest BCUT2D eigenvalue weighted by atomic mass is 16.6. The number of carbonyl (C=O) groups is 1. The maximum Gasteiger partial charge on any atom is 0.409 e. The molecule has 2 heterocycles. The summed E-state index contributed by atoms with van der Waals surface area (Å²) in [6.45, 7) is 11.2. The summed E-state index contributed by atoms with van der Waals surface area (Å²) >= 11 is 0. The van der Waals surface area contributed by atoms with E-state index in [2.05, 4.69) is 47.2 Å². The lowest BCUT2D eigenvalue weighted by molar-refractivity contribution is 0.105. The van der Waals surface area contributed by atoms with Crippen LogP contribution >= 0.6 is 0 Å². The summed E-state index contributed by atoms with van der Waals surface area (Å²) in [4.78, 5) is 25.3. The van der Waals surface area contributed by atoms with Crippen molar-refractivity contribution >= 4 is 23.5 Å². The zero-order valence-corrected chi connectivity index (χ0v) is 17.9. The molecule has 3 rings (SSSR count). The summed E-state index contributed by atoms with van der Waals surface area (Å²) in [5.74, 6) is 1.50. The third-order valence-corrected chi connectivity index (χ3v) is 5.21. The van der Waals surface area contributed by atoms with Crippen LogP contribution < -0.4 is 10.2 Å². The highest BCUT2D eigenvalue weighted by Crippen LogP contribution is 2.26. The van der Waals surface area contributed by atoms with Crippen molar-refractivity contribution in [3.8, 4) is 0 Å². The smallest absolute Gasteiger partial charge is 0.409 e. The number of nitrogens with one attached hydrogen (secondary N) is 1. The molecular formula is C22H31N5O2. The minimum Gasteiger partial charge on any atom is -0.450 e. The summed E-state index contributed by atoms with van der Waals surface area (Å²) < 4.78 is 5.10. The number of hydrogen-bond donors (Lipinski definition) is 1. The Balaban J connectivity index is 1.77. The molecule has 29 heavy (non-hydrogen) atoms. The fourth-order valence-electron chi connectivity index (χ4n) is 3.62. The van der Waals surface area contributed by atoms with Crippen molar-refractivity contribution < 1.29 is 9.53 Å². The number of carbonyl (C=O) groups excluding carboxylic acids is 1. The van der Waals surface area contributed by atoms with E-state index < -0.39 is 0 Å². The van der Waals surface area contributed by atoms with Crippen LogP contribution in [0.4, 0.5) is 22.2 Å². The van der Waals surface area contributed by atoms with Crippen LogP contribution in [-0.4, -0.2) is 53.7 Å². The van der Waals surface area contributed by atoms with Crippen LogP contribution in [0.5, 0.6) is 0 Å². The van der Waals surface area contributed by atoms with Crippen molar-refractivity contribution in [1.82, 2.24) is 14.9 Å². The van der Waals surface area contributed by atoms with Crippen LogP contribution in [0.25, 0.3) is 0 Å². The molecule has 0 unspecified atom stereocenters. The molecule has 1 N–H and O–H groups in total. The van der Waals surface area contributed by atoms with E-state index in [1.54, 1.807) is 4.90 Å². The van der Waals surface area contributed by atoms with Crippen molar-refractivity contribution in [2.24, 2.45) is 0 Å². The van der Waals surface area contributed by atoms with Crippen LogP contribution in [0.15, 0.2) is 24.3 Å². The minimum absolute atomic E-state index is 0.239. The topological polar surface area (TPSA) is 70.6 Å². The Hall–Kier alpha value is -2.83. The van der Waals surface area contributed by atoms with Crippen molar-refractivity contribution in [3.05, 3.63) is 41.1 Å². The summed E-state index contributed by atoms with van der Waals surface area (Å²) in [6.07, 6.45) is 1.66. The molecule has 1 fully saturated rings. The number of aromatic nitrogens is 2. The second-order valence-corrected chi connectivity index (χ2v) is 7.15. The fourth-order valence-corrected chi connectivity index (χ4v) is 3.62. The van der Waals surface area contributed by atoms with Crippen molar-refractivity contribution in [2.45, 2.75) is 40.5 Å². The molecule has 0 aliphatic carbocycles. The van der Waals surface area contributed by atoms with Gasteiger partial charge in [0.25, 0.3) is 0 Å². The van der Waals surface area contributed by atoms with Crippen LogP contribution in [0.1, 0.15) is 37.6 Å². The predicted octanol–water partition coefficient (Wildman–Crippen LogP) is 3.93. The summed E-state index contributed by atoms with van der Waals surface area (Å²) in [6, 6.07) is 8.39.